The molecule has 0 atom stereocenters. The predicted molar refractivity (Wildman–Crippen MR) is 53.0 cm³/mol. The summed E-state index contributed by atoms with van der Waals surface area (Å²) in [6.45, 7) is 5.30. The molecule has 0 aliphatic rings. The molecule has 0 saturated carbocycles. The highest BCUT2D eigenvalue weighted by Gasteiger charge is 2.27. The zero-order chi connectivity index (χ0) is 11.2. The SMILES string of the molecule is C\C=C(C)/C=C\C(=C\C)CC(F)(F)F. The summed E-state index contributed by atoms with van der Waals surface area (Å²) in [5, 5.41) is 0. The highest BCUT2D eigenvalue weighted by atomic mass is 19.4. The van der Waals surface area contributed by atoms with E-state index in [9.17, 15) is 13.2 Å². The fourth-order valence-electron chi connectivity index (χ4n) is 0.823. The van der Waals surface area contributed by atoms with Crippen molar-refractivity contribution < 1.29 is 13.2 Å². The van der Waals surface area contributed by atoms with Crippen molar-refractivity contribution in [2.45, 2.75) is 33.4 Å². The van der Waals surface area contributed by atoms with Gasteiger partial charge in [-0.25, -0.2) is 0 Å². The van der Waals surface area contributed by atoms with Crippen LogP contribution in [0, 0.1) is 0 Å². The van der Waals surface area contributed by atoms with E-state index in [1.165, 1.54) is 12.2 Å². The average Bonchev–Trinajstić information content (AvgIpc) is 2.09. The third kappa shape index (κ3) is 6.52. The van der Waals surface area contributed by atoms with E-state index in [0.717, 1.165) is 5.57 Å². The summed E-state index contributed by atoms with van der Waals surface area (Å²) in [5.41, 5.74) is 1.24. The minimum Gasteiger partial charge on any atom is -0.171 e. The number of hydrogen-bond donors (Lipinski definition) is 0. The van der Waals surface area contributed by atoms with Gasteiger partial charge in [-0.1, -0.05) is 29.9 Å². The quantitative estimate of drug-likeness (QED) is 0.597. The largest absolute Gasteiger partial charge is 0.393 e. The Morgan fingerprint density at radius 2 is 1.64 bits per heavy atom. The number of hydrogen-bond acceptors (Lipinski definition) is 0. The van der Waals surface area contributed by atoms with Crippen LogP contribution in [0.15, 0.2) is 35.5 Å². The molecule has 0 aromatic heterocycles. The molecule has 0 unspecified atom stereocenters. The molecule has 0 aliphatic carbocycles. The molecule has 0 N–H and O–H groups in total. The van der Waals surface area contributed by atoms with Crippen LogP contribution >= 0.6 is 0 Å². The number of halogens is 3. The van der Waals surface area contributed by atoms with Gasteiger partial charge in [-0.15, -0.1) is 0 Å². The smallest absolute Gasteiger partial charge is 0.171 e. The molecule has 3 heteroatoms. The highest BCUT2D eigenvalue weighted by molar-refractivity contribution is 5.26. The monoisotopic (exact) mass is 204 g/mol. The van der Waals surface area contributed by atoms with Crippen molar-refractivity contribution in [2.75, 3.05) is 0 Å². The van der Waals surface area contributed by atoms with Gasteiger partial charge in [0.15, 0.2) is 0 Å². The van der Waals surface area contributed by atoms with Crippen molar-refractivity contribution in [2.24, 2.45) is 0 Å². The van der Waals surface area contributed by atoms with Gasteiger partial charge in [-0.2, -0.15) is 13.2 Å². The summed E-state index contributed by atoms with van der Waals surface area (Å²) in [6, 6.07) is 0. The zero-order valence-corrected chi connectivity index (χ0v) is 8.65. The summed E-state index contributed by atoms with van der Waals surface area (Å²) in [4.78, 5) is 0. The second-order valence-corrected chi connectivity index (χ2v) is 3.02. The minimum atomic E-state index is -4.13. The van der Waals surface area contributed by atoms with Crippen LogP contribution in [0.3, 0.4) is 0 Å². The summed E-state index contributed by atoms with van der Waals surface area (Å²) >= 11 is 0. The van der Waals surface area contributed by atoms with Crippen LogP contribution in [0.25, 0.3) is 0 Å². The first-order chi connectivity index (χ1) is 6.39. The summed E-state index contributed by atoms with van der Waals surface area (Å²) in [7, 11) is 0. The third-order valence-corrected chi connectivity index (χ3v) is 1.79. The predicted octanol–water partition coefficient (Wildman–Crippen LogP) is 4.41. The number of rotatable bonds is 3. The van der Waals surface area contributed by atoms with Crippen LogP contribution in [0.5, 0.6) is 0 Å². The van der Waals surface area contributed by atoms with Crippen LogP contribution in [-0.4, -0.2) is 6.18 Å². The lowest BCUT2D eigenvalue weighted by Crippen LogP contribution is -2.07. The molecule has 0 rings (SSSR count). The van der Waals surface area contributed by atoms with Gasteiger partial charge in [-0.3, -0.25) is 0 Å². The topological polar surface area (TPSA) is 0 Å². The van der Waals surface area contributed by atoms with Gasteiger partial charge in [0.2, 0.25) is 0 Å². The van der Waals surface area contributed by atoms with E-state index in [-0.39, 0.29) is 0 Å². The Kier molecular flexibility index (Phi) is 5.28. The summed E-state index contributed by atoms with van der Waals surface area (Å²) < 4.78 is 36.0. The average molecular weight is 204 g/mol. The minimum absolute atomic E-state index is 0.290. The van der Waals surface area contributed by atoms with Crippen LogP contribution in [0.4, 0.5) is 13.2 Å². The Morgan fingerprint density at radius 3 is 2.00 bits per heavy atom. The molecule has 0 aliphatic heterocycles. The summed E-state index contributed by atoms with van der Waals surface area (Å²) in [6.07, 6.45) is 1.52. The van der Waals surface area contributed by atoms with Gasteiger partial charge < -0.3 is 0 Å². The van der Waals surface area contributed by atoms with E-state index < -0.39 is 12.6 Å². The molecule has 0 heterocycles. The molecule has 0 fully saturated rings. The van der Waals surface area contributed by atoms with Gasteiger partial charge in [0.1, 0.15) is 0 Å². The van der Waals surface area contributed by atoms with Gasteiger partial charge in [0.05, 0.1) is 6.42 Å². The zero-order valence-electron chi connectivity index (χ0n) is 8.65. The maximum absolute atomic E-state index is 12.0. The van der Waals surface area contributed by atoms with E-state index in [1.54, 1.807) is 13.0 Å². The van der Waals surface area contributed by atoms with E-state index in [4.69, 9.17) is 0 Å². The lowest BCUT2D eigenvalue weighted by Gasteiger charge is -2.06. The van der Waals surface area contributed by atoms with E-state index in [2.05, 4.69) is 0 Å². The Morgan fingerprint density at radius 1 is 1.07 bits per heavy atom. The Hall–Kier alpha value is -0.990. The number of allylic oxidation sites excluding steroid dienone is 6. The molecule has 0 aromatic carbocycles. The Bertz CT molecular complexity index is 254. The first-order valence-corrected chi connectivity index (χ1v) is 4.42. The van der Waals surface area contributed by atoms with Crippen molar-refractivity contribution in [3.8, 4) is 0 Å². The van der Waals surface area contributed by atoms with Crippen molar-refractivity contribution >= 4 is 0 Å². The first-order valence-electron chi connectivity index (χ1n) is 4.42. The maximum atomic E-state index is 12.0. The van der Waals surface area contributed by atoms with Crippen LogP contribution in [0.1, 0.15) is 27.2 Å². The Balaban J connectivity index is 4.41. The Labute approximate surface area is 82.8 Å². The molecule has 0 radical (unpaired) electrons. The van der Waals surface area contributed by atoms with Crippen molar-refractivity contribution in [1.29, 1.82) is 0 Å². The molecule has 0 amide bonds. The summed E-state index contributed by atoms with van der Waals surface area (Å²) in [5.74, 6) is 0. The standard InChI is InChI=1S/C11H15F3/c1-4-9(3)6-7-10(5-2)8-11(12,13)14/h4-7H,8H2,1-3H3/b7-6-,9-4-,10-5-. The number of alkyl halides is 3. The normalized spacial score (nSPS) is 15.3. The molecular formula is C11H15F3. The first kappa shape index (κ1) is 13.0. The van der Waals surface area contributed by atoms with Gasteiger partial charge >= 0.3 is 6.18 Å². The van der Waals surface area contributed by atoms with Gasteiger partial charge in [0, 0.05) is 0 Å². The van der Waals surface area contributed by atoms with Crippen LogP contribution in [0.2, 0.25) is 0 Å². The molecule has 80 valence electrons. The second-order valence-electron chi connectivity index (χ2n) is 3.02. The van der Waals surface area contributed by atoms with Crippen molar-refractivity contribution in [3.63, 3.8) is 0 Å². The lowest BCUT2D eigenvalue weighted by molar-refractivity contribution is -0.126. The van der Waals surface area contributed by atoms with Gasteiger partial charge in [0.25, 0.3) is 0 Å². The van der Waals surface area contributed by atoms with E-state index in [1.807, 2.05) is 19.9 Å². The van der Waals surface area contributed by atoms with Crippen molar-refractivity contribution in [3.05, 3.63) is 35.5 Å². The molecular weight excluding hydrogens is 189 g/mol. The fraction of sp³-hybridized carbons (Fsp3) is 0.455. The molecule has 0 bridgehead atoms. The molecule has 0 aromatic rings. The van der Waals surface area contributed by atoms with Crippen molar-refractivity contribution in [1.82, 2.24) is 0 Å². The molecule has 0 spiro atoms. The molecule has 0 saturated heterocycles. The third-order valence-electron chi connectivity index (χ3n) is 1.79. The van der Waals surface area contributed by atoms with E-state index >= 15 is 0 Å². The lowest BCUT2D eigenvalue weighted by atomic mass is 10.1. The fourth-order valence-corrected chi connectivity index (χ4v) is 0.823. The molecule has 14 heavy (non-hydrogen) atoms. The van der Waals surface area contributed by atoms with Gasteiger partial charge in [-0.05, 0) is 26.3 Å². The molecule has 0 nitrogen and oxygen atoms in total. The highest BCUT2D eigenvalue weighted by Crippen LogP contribution is 2.25. The second kappa shape index (κ2) is 5.68. The maximum Gasteiger partial charge on any atom is 0.393 e. The van der Waals surface area contributed by atoms with E-state index in [0.29, 0.717) is 5.57 Å². The van der Waals surface area contributed by atoms with Crippen LogP contribution in [-0.2, 0) is 0 Å². The van der Waals surface area contributed by atoms with Crippen LogP contribution < -0.4 is 0 Å².